The molecule has 0 amide bonds. The SMILES string of the molecule is CC(C)c1ccc2ccc3ccc(C(C)C)nc3c2n1.[Cl][Ni][Cl]. The van der Waals surface area contributed by atoms with E-state index in [-0.39, 0.29) is 0 Å². The van der Waals surface area contributed by atoms with Crippen LogP contribution < -0.4 is 0 Å². The molecule has 2 nitrogen and oxygen atoms in total. The zero-order valence-electron chi connectivity index (χ0n) is 13.6. The van der Waals surface area contributed by atoms with E-state index in [9.17, 15) is 0 Å². The molecule has 0 atom stereocenters. The monoisotopic (exact) mass is 392 g/mol. The van der Waals surface area contributed by atoms with Crippen molar-refractivity contribution in [2.24, 2.45) is 0 Å². The minimum atomic E-state index is 0.433. The molecule has 0 aliphatic carbocycles. The summed E-state index contributed by atoms with van der Waals surface area (Å²) in [6.07, 6.45) is 0. The van der Waals surface area contributed by atoms with Crippen molar-refractivity contribution < 1.29 is 12.7 Å². The molecule has 23 heavy (non-hydrogen) atoms. The van der Waals surface area contributed by atoms with Crippen LogP contribution in [0.25, 0.3) is 21.8 Å². The van der Waals surface area contributed by atoms with E-state index in [4.69, 9.17) is 30.4 Å². The predicted octanol–water partition coefficient (Wildman–Crippen LogP) is 6.41. The second-order valence-corrected chi connectivity index (χ2v) is 7.67. The molecule has 0 saturated carbocycles. The number of halogens is 2. The van der Waals surface area contributed by atoms with Crippen LogP contribution in [-0.4, -0.2) is 9.97 Å². The van der Waals surface area contributed by atoms with Crippen LogP contribution in [0.4, 0.5) is 0 Å². The van der Waals surface area contributed by atoms with Crippen LogP contribution in [-0.2, 0) is 12.7 Å². The van der Waals surface area contributed by atoms with Crippen LogP contribution in [0.1, 0.15) is 50.9 Å². The fourth-order valence-corrected chi connectivity index (χ4v) is 2.44. The molecule has 0 N–H and O–H groups in total. The van der Waals surface area contributed by atoms with E-state index in [1.165, 1.54) is 0 Å². The van der Waals surface area contributed by atoms with Crippen molar-refractivity contribution in [1.29, 1.82) is 0 Å². The summed E-state index contributed by atoms with van der Waals surface area (Å²) in [4.78, 5) is 9.68. The van der Waals surface area contributed by atoms with Gasteiger partial charge in [0.05, 0.1) is 11.0 Å². The third-order valence-corrected chi connectivity index (χ3v) is 3.75. The number of hydrogen-bond acceptors (Lipinski definition) is 2. The topological polar surface area (TPSA) is 25.8 Å². The van der Waals surface area contributed by atoms with Crippen molar-refractivity contribution in [3.05, 3.63) is 47.8 Å². The summed E-state index contributed by atoms with van der Waals surface area (Å²) in [6.45, 7) is 8.69. The Morgan fingerprint density at radius 1 is 0.696 bits per heavy atom. The molecule has 0 aliphatic heterocycles. The van der Waals surface area contributed by atoms with E-state index in [1.807, 2.05) is 0 Å². The van der Waals surface area contributed by atoms with Gasteiger partial charge in [0.2, 0.25) is 0 Å². The molecule has 0 radical (unpaired) electrons. The first kappa shape index (κ1) is 18.5. The van der Waals surface area contributed by atoms with E-state index in [0.717, 1.165) is 33.2 Å². The van der Waals surface area contributed by atoms with Gasteiger partial charge in [0.15, 0.2) is 0 Å². The molecule has 5 heteroatoms. The van der Waals surface area contributed by atoms with Gasteiger partial charge in [-0.1, -0.05) is 52.0 Å². The molecule has 1 aromatic carbocycles. The average molecular weight is 394 g/mol. The number of pyridine rings is 2. The Labute approximate surface area is 152 Å². The second-order valence-electron chi connectivity index (χ2n) is 6.04. The summed E-state index contributed by atoms with van der Waals surface area (Å²) in [5, 5.41) is 2.32. The number of aromatic nitrogens is 2. The molecular weight excluding hydrogens is 374 g/mol. The number of rotatable bonds is 2. The molecule has 0 unspecified atom stereocenters. The van der Waals surface area contributed by atoms with Crippen molar-refractivity contribution >= 4 is 42.2 Å². The Balaban J connectivity index is 0.000000595. The molecule has 0 spiro atoms. The van der Waals surface area contributed by atoms with Gasteiger partial charge in [-0.3, -0.25) is 9.97 Å². The average Bonchev–Trinajstić information content (AvgIpc) is 2.54. The zero-order chi connectivity index (χ0) is 17.0. The molecule has 0 aliphatic rings. The fourth-order valence-electron chi connectivity index (χ4n) is 2.44. The van der Waals surface area contributed by atoms with E-state index in [1.54, 1.807) is 0 Å². The molecule has 2 aromatic heterocycles. The second kappa shape index (κ2) is 8.28. The summed E-state index contributed by atoms with van der Waals surface area (Å²) in [7, 11) is 9.40. The zero-order valence-corrected chi connectivity index (χ0v) is 16.1. The molecule has 2 heterocycles. The van der Waals surface area contributed by atoms with Crippen LogP contribution in [0.2, 0.25) is 0 Å². The minimum absolute atomic E-state index is 0.433. The number of hydrogen-bond donors (Lipinski definition) is 0. The normalized spacial score (nSPS) is 11.3. The molecule has 3 aromatic rings. The first-order chi connectivity index (χ1) is 11.0. The van der Waals surface area contributed by atoms with E-state index < -0.39 is 0 Å². The standard InChI is InChI=1S/C18H20N2.2ClH.Ni/c1-11(2)15-9-7-13-5-6-14-8-10-16(12(3)4)20-18(14)17(13)19-15;;;/h5-12H,1-4H3;2*1H;/q;;;+2/p-2. The van der Waals surface area contributed by atoms with Crippen molar-refractivity contribution in [3.8, 4) is 0 Å². The molecule has 3 rings (SSSR count). The van der Waals surface area contributed by atoms with E-state index in [0.29, 0.717) is 24.5 Å². The van der Waals surface area contributed by atoms with Crippen molar-refractivity contribution in [2.45, 2.75) is 39.5 Å². The van der Waals surface area contributed by atoms with Crippen LogP contribution in [0.15, 0.2) is 36.4 Å². The summed E-state index contributed by atoms with van der Waals surface area (Å²) >= 11 is 0.569. The molecule has 0 saturated heterocycles. The quantitative estimate of drug-likeness (QED) is 0.371. The maximum atomic E-state index is 4.84. The van der Waals surface area contributed by atoms with Gasteiger partial charge in [0.25, 0.3) is 0 Å². The summed E-state index contributed by atoms with van der Waals surface area (Å²) < 4.78 is 0. The van der Waals surface area contributed by atoms with E-state index in [2.05, 4.69) is 64.1 Å². The number of benzene rings is 1. The third kappa shape index (κ3) is 4.35. The van der Waals surface area contributed by atoms with Gasteiger partial charge in [-0.05, 0) is 24.0 Å². The Bertz CT molecular complexity index is 737. The molecule has 0 fully saturated rings. The number of fused-ring (bicyclic) bond motifs is 3. The Kier molecular flexibility index (Phi) is 6.64. The van der Waals surface area contributed by atoms with Gasteiger partial charge in [0.1, 0.15) is 0 Å². The van der Waals surface area contributed by atoms with Crippen LogP contribution in [0.5, 0.6) is 0 Å². The van der Waals surface area contributed by atoms with Gasteiger partial charge in [-0.15, -0.1) is 0 Å². The Morgan fingerprint density at radius 2 is 1.00 bits per heavy atom. The van der Waals surface area contributed by atoms with Gasteiger partial charge >= 0.3 is 33.0 Å². The van der Waals surface area contributed by atoms with Gasteiger partial charge < -0.3 is 0 Å². The first-order valence-corrected chi connectivity index (χ1v) is 10.2. The van der Waals surface area contributed by atoms with Crippen LogP contribution in [0.3, 0.4) is 0 Å². The van der Waals surface area contributed by atoms with E-state index >= 15 is 0 Å². The Morgan fingerprint density at radius 3 is 1.30 bits per heavy atom. The fraction of sp³-hybridized carbons (Fsp3) is 0.333. The van der Waals surface area contributed by atoms with Crippen LogP contribution in [0, 0.1) is 0 Å². The van der Waals surface area contributed by atoms with Crippen molar-refractivity contribution in [1.82, 2.24) is 9.97 Å². The van der Waals surface area contributed by atoms with Gasteiger partial charge in [-0.25, -0.2) is 0 Å². The maximum absolute atomic E-state index is 4.84. The summed E-state index contributed by atoms with van der Waals surface area (Å²) in [5.74, 6) is 0.867. The third-order valence-electron chi connectivity index (χ3n) is 3.75. The first-order valence-electron chi connectivity index (χ1n) is 7.50. The predicted molar refractivity (Wildman–Crippen MR) is 96.9 cm³/mol. The van der Waals surface area contributed by atoms with Crippen molar-refractivity contribution in [2.75, 3.05) is 0 Å². The van der Waals surface area contributed by atoms with Crippen molar-refractivity contribution in [3.63, 3.8) is 0 Å². The van der Waals surface area contributed by atoms with Gasteiger partial charge in [0, 0.05) is 22.2 Å². The molecule has 0 bridgehead atoms. The molecular formula is C18H20Cl2N2Ni. The Hall–Kier alpha value is -0.886. The summed E-state index contributed by atoms with van der Waals surface area (Å²) in [5.41, 5.74) is 4.30. The van der Waals surface area contributed by atoms with Gasteiger partial charge in [-0.2, -0.15) is 0 Å². The molecule has 126 valence electrons. The van der Waals surface area contributed by atoms with Crippen LogP contribution >= 0.6 is 20.4 Å². The summed E-state index contributed by atoms with van der Waals surface area (Å²) in [6, 6.07) is 12.8. The number of nitrogens with zero attached hydrogens (tertiary/aromatic N) is 2.